The third-order valence-electron chi connectivity index (χ3n) is 4.39. The quantitative estimate of drug-likeness (QED) is 0.783. The van der Waals surface area contributed by atoms with E-state index in [4.69, 9.17) is 4.74 Å². The van der Waals surface area contributed by atoms with Gasteiger partial charge >= 0.3 is 6.09 Å². The lowest BCUT2D eigenvalue weighted by molar-refractivity contribution is -0.135. The first-order chi connectivity index (χ1) is 12.5. The van der Waals surface area contributed by atoms with E-state index in [0.717, 1.165) is 5.56 Å². The highest BCUT2D eigenvalue weighted by Gasteiger charge is 2.25. The highest BCUT2D eigenvalue weighted by molar-refractivity contribution is 5.96. The van der Waals surface area contributed by atoms with Crippen LogP contribution in [0.25, 0.3) is 0 Å². The van der Waals surface area contributed by atoms with Crippen LogP contribution in [0.2, 0.25) is 0 Å². The van der Waals surface area contributed by atoms with Gasteiger partial charge in [0.05, 0.1) is 6.61 Å². The predicted molar refractivity (Wildman–Crippen MR) is 97.3 cm³/mol. The molecule has 0 saturated carbocycles. The Kier molecular flexibility index (Phi) is 7.44. The summed E-state index contributed by atoms with van der Waals surface area (Å²) in [7, 11) is 1.69. The van der Waals surface area contributed by atoms with Crippen LogP contribution in [0.15, 0.2) is 30.3 Å². The molecule has 1 fully saturated rings. The topological polar surface area (TPSA) is 79.0 Å². The van der Waals surface area contributed by atoms with E-state index in [1.54, 1.807) is 23.8 Å². The maximum atomic E-state index is 12.2. The van der Waals surface area contributed by atoms with E-state index >= 15 is 0 Å². The zero-order chi connectivity index (χ0) is 18.9. The minimum Gasteiger partial charge on any atom is -0.450 e. The van der Waals surface area contributed by atoms with Crippen LogP contribution in [0, 0.1) is 0 Å². The molecule has 7 heteroatoms. The molecule has 1 N–H and O–H groups in total. The SMILES string of the molecule is CCOC(=O)N1CCC(NC(=O)CC(=O)N(C)Cc2ccccc2)CC1. The van der Waals surface area contributed by atoms with Crippen molar-refractivity contribution in [3.05, 3.63) is 35.9 Å². The number of nitrogens with one attached hydrogen (secondary N) is 1. The van der Waals surface area contributed by atoms with Gasteiger partial charge in [-0.2, -0.15) is 0 Å². The van der Waals surface area contributed by atoms with Gasteiger partial charge < -0.3 is 19.9 Å². The van der Waals surface area contributed by atoms with Crippen LogP contribution in [0.1, 0.15) is 31.7 Å². The van der Waals surface area contributed by atoms with Crippen molar-refractivity contribution in [3.63, 3.8) is 0 Å². The minimum atomic E-state index is -0.310. The molecule has 26 heavy (non-hydrogen) atoms. The minimum absolute atomic E-state index is 0.0135. The Morgan fingerprint density at radius 2 is 1.85 bits per heavy atom. The average Bonchev–Trinajstić information content (AvgIpc) is 2.63. The fourth-order valence-electron chi connectivity index (χ4n) is 2.92. The number of carbonyl (C=O) groups is 3. The van der Waals surface area contributed by atoms with Crippen LogP contribution < -0.4 is 5.32 Å². The summed E-state index contributed by atoms with van der Waals surface area (Å²) >= 11 is 0. The van der Waals surface area contributed by atoms with Gasteiger partial charge in [0.15, 0.2) is 0 Å². The molecule has 0 bridgehead atoms. The van der Waals surface area contributed by atoms with E-state index < -0.39 is 0 Å². The third-order valence-corrected chi connectivity index (χ3v) is 4.39. The van der Waals surface area contributed by atoms with Crippen molar-refractivity contribution < 1.29 is 19.1 Å². The van der Waals surface area contributed by atoms with Crippen molar-refractivity contribution in [2.45, 2.75) is 38.8 Å². The fraction of sp³-hybridized carbons (Fsp3) is 0.526. The normalized spacial score (nSPS) is 14.6. The van der Waals surface area contributed by atoms with Gasteiger partial charge in [-0.1, -0.05) is 30.3 Å². The molecule has 1 aromatic rings. The van der Waals surface area contributed by atoms with Crippen molar-refractivity contribution in [3.8, 4) is 0 Å². The Labute approximate surface area is 154 Å². The monoisotopic (exact) mass is 361 g/mol. The van der Waals surface area contributed by atoms with Crippen molar-refractivity contribution in [2.24, 2.45) is 0 Å². The van der Waals surface area contributed by atoms with Crippen LogP contribution >= 0.6 is 0 Å². The van der Waals surface area contributed by atoms with Gasteiger partial charge in [-0.05, 0) is 25.3 Å². The number of rotatable bonds is 6. The van der Waals surface area contributed by atoms with Gasteiger partial charge in [-0.15, -0.1) is 0 Å². The van der Waals surface area contributed by atoms with E-state index in [9.17, 15) is 14.4 Å². The molecular weight excluding hydrogens is 334 g/mol. The number of nitrogens with zero attached hydrogens (tertiary/aromatic N) is 2. The number of benzene rings is 1. The van der Waals surface area contributed by atoms with Gasteiger partial charge in [0.1, 0.15) is 6.42 Å². The highest BCUT2D eigenvalue weighted by Crippen LogP contribution is 2.12. The van der Waals surface area contributed by atoms with E-state index in [1.165, 1.54) is 0 Å². The van der Waals surface area contributed by atoms with Gasteiger partial charge in [0.2, 0.25) is 11.8 Å². The summed E-state index contributed by atoms with van der Waals surface area (Å²) in [6.45, 7) is 3.70. The van der Waals surface area contributed by atoms with Crippen molar-refractivity contribution in [1.82, 2.24) is 15.1 Å². The molecule has 7 nitrogen and oxygen atoms in total. The lowest BCUT2D eigenvalue weighted by Gasteiger charge is -2.31. The van der Waals surface area contributed by atoms with Crippen LogP contribution in [0.3, 0.4) is 0 Å². The smallest absolute Gasteiger partial charge is 0.409 e. The Morgan fingerprint density at radius 3 is 2.46 bits per heavy atom. The zero-order valence-electron chi connectivity index (χ0n) is 15.4. The second kappa shape index (κ2) is 9.79. The molecule has 0 radical (unpaired) electrons. The standard InChI is InChI=1S/C19H27N3O4/c1-3-26-19(25)22-11-9-16(10-12-22)20-17(23)13-18(24)21(2)14-15-7-5-4-6-8-15/h4-8,16H,3,9-14H2,1-2H3,(H,20,23). The molecule has 0 spiro atoms. The number of carbonyl (C=O) groups excluding carboxylic acids is 3. The summed E-state index contributed by atoms with van der Waals surface area (Å²) in [5.74, 6) is -0.486. The van der Waals surface area contributed by atoms with E-state index in [0.29, 0.717) is 39.1 Å². The van der Waals surface area contributed by atoms with Crippen LogP contribution in [0.4, 0.5) is 4.79 Å². The van der Waals surface area contributed by atoms with Gasteiger partial charge in [-0.3, -0.25) is 9.59 Å². The largest absolute Gasteiger partial charge is 0.450 e. The Bertz CT molecular complexity index is 612. The van der Waals surface area contributed by atoms with E-state index in [-0.39, 0.29) is 30.4 Å². The lowest BCUT2D eigenvalue weighted by Crippen LogP contribution is -2.47. The van der Waals surface area contributed by atoms with Crippen LogP contribution in [-0.4, -0.2) is 60.5 Å². The second-order valence-corrected chi connectivity index (χ2v) is 6.44. The molecule has 1 saturated heterocycles. The number of hydrogen-bond acceptors (Lipinski definition) is 4. The molecule has 1 aliphatic heterocycles. The first kappa shape index (κ1) is 19.8. The number of piperidine rings is 1. The molecule has 3 amide bonds. The molecular formula is C19H27N3O4. The molecule has 1 aromatic carbocycles. The average molecular weight is 361 g/mol. The maximum absolute atomic E-state index is 12.2. The zero-order valence-corrected chi connectivity index (χ0v) is 15.4. The van der Waals surface area contributed by atoms with Crippen LogP contribution in [0.5, 0.6) is 0 Å². The first-order valence-corrected chi connectivity index (χ1v) is 8.98. The molecule has 142 valence electrons. The Hall–Kier alpha value is -2.57. The number of ether oxygens (including phenoxy) is 1. The fourth-order valence-corrected chi connectivity index (χ4v) is 2.92. The van der Waals surface area contributed by atoms with Crippen molar-refractivity contribution in [2.75, 3.05) is 26.7 Å². The summed E-state index contributed by atoms with van der Waals surface area (Å²) in [5, 5.41) is 2.89. The van der Waals surface area contributed by atoms with Gasteiger partial charge in [0, 0.05) is 32.7 Å². The van der Waals surface area contributed by atoms with E-state index in [1.807, 2.05) is 30.3 Å². The third kappa shape index (κ3) is 6.06. The molecule has 2 rings (SSSR count). The van der Waals surface area contributed by atoms with Crippen molar-refractivity contribution >= 4 is 17.9 Å². The molecule has 1 aliphatic rings. The predicted octanol–water partition coefficient (Wildman–Crippen LogP) is 1.77. The summed E-state index contributed by atoms with van der Waals surface area (Å²) in [4.78, 5) is 39.2. The molecule has 0 unspecified atom stereocenters. The van der Waals surface area contributed by atoms with Gasteiger partial charge in [0.25, 0.3) is 0 Å². The summed E-state index contributed by atoms with van der Waals surface area (Å²) in [6, 6.07) is 9.64. The molecule has 1 heterocycles. The summed E-state index contributed by atoms with van der Waals surface area (Å²) < 4.78 is 4.97. The second-order valence-electron chi connectivity index (χ2n) is 6.44. The molecule has 0 aliphatic carbocycles. The number of hydrogen-bond donors (Lipinski definition) is 1. The van der Waals surface area contributed by atoms with E-state index in [2.05, 4.69) is 5.32 Å². The molecule has 0 aromatic heterocycles. The Morgan fingerprint density at radius 1 is 1.19 bits per heavy atom. The first-order valence-electron chi connectivity index (χ1n) is 8.98. The number of amides is 3. The Balaban J connectivity index is 1.71. The van der Waals surface area contributed by atoms with Gasteiger partial charge in [-0.25, -0.2) is 4.79 Å². The highest BCUT2D eigenvalue weighted by atomic mass is 16.6. The molecule has 0 atom stereocenters. The number of likely N-dealkylation sites (tertiary alicyclic amines) is 1. The van der Waals surface area contributed by atoms with Crippen molar-refractivity contribution in [1.29, 1.82) is 0 Å². The maximum Gasteiger partial charge on any atom is 0.409 e. The van der Waals surface area contributed by atoms with Crippen LogP contribution in [-0.2, 0) is 20.9 Å². The summed E-state index contributed by atoms with van der Waals surface area (Å²) in [5.41, 5.74) is 1.02. The summed E-state index contributed by atoms with van der Waals surface area (Å²) in [6.07, 6.45) is 0.855. The lowest BCUT2D eigenvalue weighted by atomic mass is 10.1.